The molecule has 32 valence electrons. The summed E-state index contributed by atoms with van der Waals surface area (Å²) in [5.41, 5.74) is 0. The molecule has 0 aromatic heterocycles. The van der Waals surface area contributed by atoms with Crippen molar-refractivity contribution in [3.05, 3.63) is 0 Å². The van der Waals surface area contributed by atoms with E-state index in [2.05, 4.69) is 0 Å². The summed E-state index contributed by atoms with van der Waals surface area (Å²) in [6, 6.07) is 0. The Labute approximate surface area is 58.0 Å². The molecule has 0 bridgehead atoms. The Hall–Kier alpha value is 1.04. The van der Waals surface area contributed by atoms with Gasteiger partial charge in [0.15, 0.2) is 0 Å². The van der Waals surface area contributed by atoms with E-state index >= 15 is 0 Å². The summed E-state index contributed by atoms with van der Waals surface area (Å²) >= 11 is 0. The Morgan fingerprint density at radius 3 is 1.00 bits per heavy atom. The molecule has 0 atom stereocenters. The minimum absolute atomic E-state index is 0. The molecule has 0 spiro atoms. The summed E-state index contributed by atoms with van der Waals surface area (Å²) in [5.74, 6) is 0. The molecule has 0 aromatic rings. The Morgan fingerprint density at radius 2 is 1.00 bits per heavy atom. The first kappa shape index (κ1) is 15.7. The average Bonchev–Trinajstić information content (AvgIpc) is 0.811. The van der Waals surface area contributed by atoms with Crippen LogP contribution in [0.5, 0.6) is 0 Å². The van der Waals surface area contributed by atoms with Gasteiger partial charge in [0.1, 0.15) is 0 Å². The van der Waals surface area contributed by atoms with Crippen molar-refractivity contribution in [3.8, 4) is 0 Å². The van der Waals surface area contributed by atoms with Crippen LogP contribution in [0.1, 0.15) is 0 Å². The van der Waals surface area contributed by atoms with Crippen LogP contribution in [-0.4, -0.2) is 7.32 Å². The van der Waals surface area contributed by atoms with Gasteiger partial charge in [-0.3, -0.25) is 7.32 Å². The fraction of sp³-hybridized carbons (Fsp3) is 0. The molecule has 0 N–H and O–H groups in total. The minimum atomic E-state index is -2.92. The van der Waals surface area contributed by atoms with Gasteiger partial charge in [-0.15, -0.1) is 0 Å². The fourth-order valence-corrected chi connectivity index (χ4v) is 0. The first-order chi connectivity index (χ1) is 1.73. The second kappa shape index (κ2) is 9.40. The Balaban J connectivity index is -0.0000000450. The summed E-state index contributed by atoms with van der Waals surface area (Å²) in [4.78, 5) is 0. The molecule has 0 aliphatic carbocycles. The van der Waals surface area contributed by atoms with Crippen molar-refractivity contribution in [2.75, 3.05) is 0 Å². The zero-order chi connectivity index (χ0) is 3.58. The van der Waals surface area contributed by atoms with Crippen molar-refractivity contribution in [2.45, 2.75) is 0 Å². The largest absolute Gasteiger partial charge is 2.00 e. The topological polar surface area (TPSA) is 69.2 Å². The maximum absolute atomic E-state index is 8.42. The van der Waals surface area contributed by atoms with Crippen molar-refractivity contribution >= 4 is 7.32 Å². The van der Waals surface area contributed by atoms with Gasteiger partial charge in [-0.25, -0.2) is 0 Å². The predicted octanol–water partition coefficient (Wildman–Crippen LogP) is -6.95. The third kappa shape index (κ3) is 76.4. The van der Waals surface area contributed by atoms with Crippen LogP contribution in [0.25, 0.3) is 0 Å². The Kier molecular flexibility index (Phi) is 24.6. The van der Waals surface area contributed by atoms with Crippen LogP contribution < -0.4 is 33.9 Å². The predicted molar refractivity (Wildman–Crippen MR) is 5.75 cm³/mol. The van der Waals surface area contributed by atoms with Crippen LogP contribution in [-0.2, 0) is 16.5 Å². The number of rotatable bonds is 0. The molecule has 0 heterocycles. The molecule has 0 amide bonds. The number of hydrogen-bond donors (Lipinski definition) is 0. The molecule has 0 unspecified atom stereocenters. The van der Waals surface area contributed by atoms with Gasteiger partial charge in [0.25, 0.3) is 0 Å². The summed E-state index contributed by atoms with van der Waals surface area (Å²) in [6.07, 6.45) is 0. The van der Waals surface area contributed by atoms with Crippen LogP contribution in [0.15, 0.2) is 0 Å². The van der Waals surface area contributed by atoms with Gasteiger partial charge in [-0.05, 0) is 0 Å². The molecular formula is BLiNiO3. The molecule has 0 saturated carbocycles. The molecular weight excluding hydrogens is 124 g/mol. The molecule has 0 fully saturated rings. The maximum atomic E-state index is 8.42. The summed E-state index contributed by atoms with van der Waals surface area (Å²) in [5, 5.41) is 25.2. The maximum Gasteiger partial charge on any atom is 2.00 e. The molecule has 0 radical (unpaired) electrons. The minimum Gasteiger partial charge on any atom is -0.907 e. The van der Waals surface area contributed by atoms with Crippen LogP contribution in [0.4, 0.5) is 0 Å². The normalized spacial score (nSPS) is 4.50. The average molecular weight is 124 g/mol. The Morgan fingerprint density at radius 1 is 1.00 bits per heavy atom. The van der Waals surface area contributed by atoms with E-state index < -0.39 is 7.32 Å². The third-order valence-electron chi connectivity index (χ3n) is 0. The van der Waals surface area contributed by atoms with E-state index in [0.29, 0.717) is 0 Å². The standard InChI is InChI=1S/BO3.Li.Ni/c2-1(3)4;;/q-3;+1;+2. The van der Waals surface area contributed by atoms with Crippen LogP contribution >= 0.6 is 0 Å². The smallest absolute Gasteiger partial charge is 0.907 e. The van der Waals surface area contributed by atoms with Gasteiger partial charge in [0, 0.05) is 0 Å². The van der Waals surface area contributed by atoms with Gasteiger partial charge in [0.05, 0.1) is 0 Å². The van der Waals surface area contributed by atoms with Crippen LogP contribution in [0.3, 0.4) is 0 Å². The molecule has 0 aromatic carbocycles. The van der Waals surface area contributed by atoms with Crippen molar-refractivity contribution in [2.24, 2.45) is 0 Å². The Bertz CT molecular complexity index is 15.5. The van der Waals surface area contributed by atoms with Gasteiger partial charge in [-0.1, -0.05) is 0 Å². The molecule has 6 heavy (non-hydrogen) atoms. The molecule has 0 saturated heterocycles. The van der Waals surface area contributed by atoms with E-state index in [1.807, 2.05) is 0 Å². The van der Waals surface area contributed by atoms with Crippen molar-refractivity contribution in [1.82, 2.24) is 0 Å². The second-order valence-electron chi connectivity index (χ2n) is 0.289. The molecule has 6 heteroatoms. The zero-order valence-electron chi connectivity index (χ0n) is 3.12. The fourth-order valence-electron chi connectivity index (χ4n) is 0. The molecule has 3 nitrogen and oxygen atoms in total. The summed E-state index contributed by atoms with van der Waals surface area (Å²) < 4.78 is 0. The van der Waals surface area contributed by atoms with E-state index in [-0.39, 0.29) is 35.4 Å². The monoisotopic (exact) mass is 124 g/mol. The molecule has 0 rings (SSSR count). The van der Waals surface area contributed by atoms with Gasteiger partial charge in [0.2, 0.25) is 0 Å². The zero-order valence-corrected chi connectivity index (χ0v) is 4.11. The van der Waals surface area contributed by atoms with Gasteiger partial charge >= 0.3 is 35.4 Å². The first-order valence-corrected chi connectivity index (χ1v) is 0.707. The van der Waals surface area contributed by atoms with Crippen molar-refractivity contribution in [1.29, 1.82) is 0 Å². The third-order valence-corrected chi connectivity index (χ3v) is 0. The SMILES string of the molecule is [Li+].[Ni+2].[O-]B([O-])[O-]. The van der Waals surface area contributed by atoms with E-state index in [1.54, 1.807) is 0 Å². The van der Waals surface area contributed by atoms with Gasteiger partial charge in [-0.2, -0.15) is 0 Å². The molecule has 0 aliphatic heterocycles. The van der Waals surface area contributed by atoms with Crippen LogP contribution in [0, 0.1) is 0 Å². The van der Waals surface area contributed by atoms with Crippen LogP contribution in [0.2, 0.25) is 0 Å². The number of hydrogen-bond acceptors (Lipinski definition) is 3. The second-order valence-corrected chi connectivity index (χ2v) is 0.289. The van der Waals surface area contributed by atoms with E-state index in [4.69, 9.17) is 15.1 Å². The van der Waals surface area contributed by atoms with E-state index in [1.165, 1.54) is 0 Å². The molecule has 0 aliphatic rings. The summed E-state index contributed by atoms with van der Waals surface area (Å²) in [7, 11) is -2.92. The van der Waals surface area contributed by atoms with E-state index in [0.717, 1.165) is 0 Å². The quantitative estimate of drug-likeness (QED) is 0.301. The van der Waals surface area contributed by atoms with Gasteiger partial charge < -0.3 is 15.1 Å². The van der Waals surface area contributed by atoms with Crippen molar-refractivity contribution < 1.29 is 50.4 Å². The van der Waals surface area contributed by atoms with E-state index in [9.17, 15) is 0 Å². The van der Waals surface area contributed by atoms with Crippen molar-refractivity contribution in [3.63, 3.8) is 0 Å². The summed E-state index contributed by atoms with van der Waals surface area (Å²) in [6.45, 7) is 0. The first-order valence-electron chi connectivity index (χ1n) is 0.707.